The lowest BCUT2D eigenvalue weighted by atomic mass is 9.85. The minimum Gasteiger partial charge on any atom is -0.493 e. The number of methoxy groups -OCH3 is 2. The summed E-state index contributed by atoms with van der Waals surface area (Å²) in [7, 11) is 3.08. The number of nitro benzene ring substituents is 1. The first-order chi connectivity index (χ1) is 14.0. The number of carbonyl (C=O) groups is 1. The van der Waals surface area contributed by atoms with E-state index >= 15 is 0 Å². The van der Waals surface area contributed by atoms with Crippen LogP contribution >= 0.6 is 0 Å². The molecular formula is C20H17N3O6. The van der Waals surface area contributed by atoms with Crippen molar-refractivity contribution in [3.05, 3.63) is 63.7 Å². The number of aromatic amines is 1. The number of rotatable bonds is 5. The zero-order valence-electron chi connectivity index (χ0n) is 15.7. The summed E-state index contributed by atoms with van der Waals surface area (Å²) in [6.45, 7) is 0. The molecule has 1 N–H and O–H groups in total. The van der Waals surface area contributed by atoms with Gasteiger partial charge in [0.2, 0.25) is 5.88 Å². The van der Waals surface area contributed by atoms with Crippen molar-refractivity contribution in [2.45, 2.75) is 12.3 Å². The molecule has 2 heterocycles. The van der Waals surface area contributed by atoms with Gasteiger partial charge in [-0.2, -0.15) is 0 Å². The van der Waals surface area contributed by atoms with Gasteiger partial charge in [-0.1, -0.05) is 18.2 Å². The van der Waals surface area contributed by atoms with Crippen LogP contribution in [0.25, 0.3) is 11.3 Å². The Labute approximate surface area is 165 Å². The summed E-state index contributed by atoms with van der Waals surface area (Å²) in [6, 6.07) is 11.6. The summed E-state index contributed by atoms with van der Waals surface area (Å²) in [5, 5.41) is 18.1. The van der Waals surface area contributed by atoms with Gasteiger partial charge in [-0.3, -0.25) is 20.0 Å². The molecule has 0 fully saturated rings. The molecule has 1 aliphatic heterocycles. The number of nitrogens with zero attached hydrogens (tertiary/aromatic N) is 2. The Hall–Kier alpha value is -3.88. The predicted molar refractivity (Wildman–Crippen MR) is 102 cm³/mol. The van der Waals surface area contributed by atoms with Crippen molar-refractivity contribution in [2.75, 3.05) is 14.2 Å². The van der Waals surface area contributed by atoms with E-state index in [0.29, 0.717) is 28.3 Å². The van der Waals surface area contributed by atoms with Crippen LogP contribution in [0.2, 0.25) is 0 Å². The van der Waals surface area contributed by atoms with E-state index in [1.54, 1.807) is 31.4 Å². The Bertz CT molecular complexity index is 1110. The first-order valence-corrected chi connectivity index (χ1v) is 8.77. The second-order valence-electron chi connectivity index (χ2n) is 6.47. The Morgan fingerprint density at radius 2 is 1.97 bits per heavy atom. The number of H-pyrrole nitrogens is 1. The fourth-order valence-electron chi connectivity index (χ4n) is 3.50. The van der Waals surface area contributed by atoms with Gasteiger partial charge in [-0.25, -0.2) is 0 Å². The molecule has 3 aromatic rings. The molecule has 9 nitrogen and oxygen atoms in total. The highest BCUT2D eigenvalue weighted by Crippen LogP contribution is 2.44. The highest BCUT2D eigenvalue weighted by atomic mass is 16.6. The summed E-state index contributed by atoms with van der Waals surface area (Å²) in [5.74, 6) is 0.503. The monoisotopic (exact) mass is 395 g/mol. The van der Waals surface area contributed by atoms with E-state index in [0.717, 1.165) is 5.56 Å². The van der Waals surface area contributed by atoms with E-state index < -0.39 is 10.9 Å². The Balaban J connectivity index is 1.85. The van der Waals surface area contributed by atoms with Crippen LogP contribution in [0.1, 0.15) is 23.5 Å². The summed E-state index contributed by atoms with van der Waals surface area (Å²) in [6.07, 6.45) is 0.101. The third-order valence-electron chi connectivity index (χ3n) is 4.85. The first kappa shape index (κ1) is 18.5. The smallest absolute Gasteiger partial charge is 0.313 e. The summed E-state index contributed by atoms with van der Waals surface area (Å²) >= 11 is 0. The molecule has 0 saturated heterocycles. The minimum atomic E-state index is -0.460. The first-order valence-electron chi connectivity index (χ1n) is 8.77. The number of aromatic nitrogens is 2. The summed E-state index contributed by atoms with van der Waals surface area (Å²) in [5.41, 5.74) is 2.58. The van der Waals surface area contributed by atoms with Gasteiger partial charge in [0.1, 0.15) is 0 Å². The van der Waals surface area contributed by atoms with Gasteiger partial charge in [0.05, 0.1) is 36.8 Å². The van der Waals surface area contributed by atoms with Gasteiger partial charge in [0.15, 0.2) is 11.5 Å². The number of esters is 1. The Morgan fingerprint density at radius 3 is 2.69 bits per heavy atom. The molecule has 1 atom stereocenters. The topological polar surface area (TPSA) is 117 Å². The van der Waals surface area contributed by atoms with Crippen molar-refractivity contribution in [2.24, 2.45) is 0 Å². The van der Waals surface area contributed by atoms with Gasteiger partial charge in [-0.05, 0) is 17.7 Å². The third kappa shape index (κ3) is 3.27. The fourth-order valence-corrected chi connectivity index (χ4v) is 3.50. The van der Waals surface area contributed by atoms with Crippen molar-refractivity contribution in [3.8, 4) is 28.6 Å². The van der Waals surface area contributed by atoms with Gasteiger partial charge >= 0.3 is 5.97 Å². The van der Waals surface area contributed by atoms with E-state index in [1.807, 2.05) is 6.07 Å². The lowest BCUT2D eigenvalue weighted by Gasteiger charge is -2.23. The minimum absolute atomic E-state index is 0.0404. The molecule has 0 spiro atoms. The molecule has 0 aliphatic carbocycles. The third-order valence-corrected chi connectivity index (χ3v) is 4.85. The molecule has 4 rings (SSSR count). The standard InChI is InChI=1S/C20H17N3O6/c1-27-15-7-6-11(9-16(15)28-2)14-10-17(24)29-20-18(14)19(21-22-20)12-4-3-5-13(8-12)23(25)26/h3-9,14H,10H2,1-2H3,(H,21,22). The number of hydrogen-bond acceptors (Lipinski definition) is 7. The fraction of sp³-hybridized carbons (Fsp3) is 0.200. The van der Waals surface area contributed by atoms with Crippen molar-refractivity contribution >= 4 is 11.7 Å². The molecule has 0 radical (unpaired) electrons. The molecule has 2 aromatic carbocycles. The number of ether oxygens (including phenoxy) is 3. The van der Waals surface area contributed by atoms with E-state index in [2.05, 4.69) is 10.2 Å². The molecule has 9 heteroatoms. The van der Waals surface area contributed by atoms with Crippen LogP contribution in [0.3, 0.4) is 0 Å². The average Bonchev–Trinajstić information content (AvgIpc) is 3.16. The second kappa shape index (κ2) is 7.27. The summed E-state index contributed by atoms with van der Waals surface area (Å²) < 4.78 is 16.0. The van der Waals surface area contributed by atoms with E-state index in [-0.39, 0.29) is 23.9 Å². The maximum Gasteiger partial charge on any atom is 0.313 e. The number of non-ortho nitro benzene ring substituents is 1. The van der Waals surface area contributed by atoms with Crippen molar-refractivity contribution in [3.63, 3.8) is 0 Å². The molecule has 1 unspecified atom stereocenters. The van der Waals surface area contributed by atoms with Crippen molar-refractivity contribution in [1.29, 1.82) is 0 Å². The number of hydrogen-bond donors (Lipinski definition) is 1. The Kier molecular flexibility index (Phi) is 4.63. The van der Waals surface area contributed by atoms with E-state index in [1.165, 1.54) is 19.2 Å². The SMILES string of the molecule is COc1ccc(C2CC(=O)Oc3n[nH]c(-c4cccc([N+](=O)[O-])c4)c32)cc1OC. The van der Waals surface area contributed by atoms with Gasteiger partial charge < -0.3 is 14.2 Å². The highest BCUT2D eigenvalue weighted by Gasteiger charge is 2.34. The van der Waals surface area contributed by atoms with Crippen LogP contribution in [0.15, 0.2) is 42.5 Å². The number of fused-ring (bicyclic) bond motifs is 1. The highest BCUT2D eigenvalue weighted by molar-refractivity contribution is 5.80. The van der Waals surface area contributed by atoms with Crippen LogP contribution in [-0.4, -0.2) is 35.3 Å². The van der Waals surface area contributed by atoms with Gasteiger partial charge in [0.25, 0.3) is 5.69 Å². The molecule has 0 bridgehead atoms. The molecule has 1 aromatic heterocycles. The molecule has 148 valence electrons. The van der Waals surface area contributed by atoms with Gasteiger partial charge in [-0.15, -0.1) is 5.10 Å². The zero-order chi connectivity index (χ0) is 20.5. The molecule has 0 amide bonds. The number of benzene rings is 2. The van der Waals surface area contributed by atoms with Crippen LogP contribution in [0.4, 0.5) is 5.69 Å². The molecule has 1 aliphatic rings. The number of carbonyl (C=O) groups excluding carboxylic acids is 1. The normalized spacial score (nSPS) is 15.4. The van der Waals surface area contributed by atoms with Crippen LogP contribution in [0, 0.1) is 10.1 Å². The van der Waals surface area contributed by atoms with Crippen LogP contribution in [0.5, 0.6) is 17.4 Å². The van der Waals surface area contributed by atoms with Crippen molar-refractivity contribution in [1.82, 2.24) is 10.2 Å². The van der Waals surface area contributed by atoms with E-state index in [9.17, 15) is 14.9 Å². The second-order valence-corrected chi connectivity index (χ2v) is 6.47. The van der Waals surface area contributed by atoms with Crippen LogP contribution in [-0.2, 0) is 4.79 Å². The Morgan fingerprint density at radius 1 is 1.17 bits per heavy atom. The van der Waals surface area contributed by atoms with Crippen molar-refractivity contribution < 1.29 is 23.9 Å². The van der Waals surface area contributed by atoms with Crippen LogP contribution < -0.4 is 14.2 Å². The summed E-state index contributed by atoms with van der Waals surface area (Å²) in [4.78, 5) is 22.9. The van der Waals surface area contributed by atoms with E-state index in [4.69, 9.17) is 14.2 Å². The van der Waals surface area contributed by atoms with Gasteiger partial charge in [0, 0.05) is 23.6 Å². The molecular weight excluding hydrogens is 378 g/mol. The predicted octanol–water partition coefficient (Wildman–Crippen LogP) is 3.44. The zero-order valence-corrected chi connectivity index (χ0v) is 15.7. The maximum atomic E-state index is 12.2. The average molecular weight is 395 g/mol. The number of nitrogens with one attached hydrogen (secondary N) is 1. The number of nitro groups is 1. The largest absolute Gasteiger partial charge is 0.493 e. The lowest BCUT2D eigenvalue weighted by molar-refractivity contribution is -0.384. The molecule has 0 saturated carbocycles. The lowest BCUT2D eigenvalue weighted by Crippen LogP contribution is -2.21. The molecule has 29 heavy (non-hydrogen) atoms. The maximum absolute atomic E-state index is 12.2. The quantitative estimate of drug-likeness (QED) is 0.399.